The fraction of sp³-hybridized carbons (Fsp3) is 0.632. The van der Waals surface area contributed by atoms with Crippen molar-refractivity contribution in [2.45, 2.75) is 30.8 Å². The Balaban J connectivity index is 1.82. The highest BCUT2D eigenvalue weighted by atomic mass is 32.2. The van der Waals surface area contributed by atoms with Crippen molar-refractivity contribution in [2.24, 2.45) is 5.92 Å². The molecular weight excluding hydrogens is 338 g/mol. The number of esters is 1. The number of ether oxygens (including phenoxy) is 1. The van der Waals surface area contributed by atoms with Gasteiger partial charge in [0.15, 0.2) is 0 Å². The first kappa shape index (κ1) is 18.5. The number of carbonyl (C=O) groups excluding carboxylic acids is 1. The third-order valence-electron chi connectivity index (χ3n) is 5.66. The zero-order valence-corrected chi connectivity index (χ0v) is 15.5. The number of aliphatic hydroxyl groups is 1. The van der Waals surface area contributed by atoms with E-state index in [0.29, 0.717) is 18.1 Å². The highest BCUT2D eigenvalue weighted by Crippen LogP contribution is 2.34. The molecule has 5 nitrogen and oxygen atoms in total. The Bertz CT molecular complexity index is 615. The van der Waals surface area contributed by atoms with E-state index in [4.69, 9.17) is 4.74 Å². The topological polar surface area (TPSA) is 66.8 Å². The number of fused-ring (bicyclic) bond motifs is 3. The van der Waals surface area contributed by atoms with Crippen LogP contribution in [0.1, 0.15) is 24.8 Å². The molecule has 1 aromatic carbocycles. The lowest BCUT2D eigenvalue weighted by Crippen LogP contribution is -2.54. The summed E-state index contributed by atoms with van der Waals surface area (Å²) in [5, 5.41) is 10.2. The molecule has 3 saturated heterocycles. The van der Waals surface area contributed by atoms with Crippen molar-refractivity contribution in [3.05, 3.63) is 35.9 Å². The van der Waals surface area contributed by atoms with Gasteiger partial charge < -0.3 is 9.84 Å². The Morgan fingerprint density at radius 2 is 2.00 bits per heavy atom. The highest BCUT2D eigenvalue weighted by Gasteiger charge is 2.45. The maximum Gasteiger partial charge on any atom is 0.319 e. The van der Waals surface area contributed by atoms with Crippen LogP contribution in [0, 0.1) is 5.92 Å². The van der Waals surface area contributed by atoms with Gasteiger partial charge in [0.1, 0.15) is 11.5 Å². The van der Waals surface area contributed by atoms with E-state index in [2.05, 4.69) is 4.90 Å². The lowest BCUT2D eigenvalue weighted by molar-refractivity contribution is -0.167. The van der Waals surface area contributed by atoms with Crippen molar-refractivity contribution in [2.75, 3.05) is 38.2 Å². The molecule has 3 aliphatic rings. The summed E-state index contributed by atoms with van der Waals surface area (Å²) in [6.07, 6.45) is 3.96. The second-order valence-corrected chi connectivity index (χ2v) is 8.77. The molecule has 0 spiro atoms. The van der Waals surface area contributed by atoms with Gasteiger partial charge in [0, 0.05) is 29.4 Å². The van der Waals surface area contributed by atoms with Gasteiger partial charge in [-0.25, -0.2) is 0 Å². The lowest BCUT2D eigenvalue weighted by Gasteiger charge is -2.45. The van der Waals surface area contributed by atoms with E-state index in [0.717, 1.165) is 38.0 Å². The average Bonchev–Trinajstić information content (AvgIpc) is 2.64. The predicted octanol–water partition coefficient (Wildman–Crippen LogP) is 1.32. The van der Waals surface area contributed by atoms with Gasteiger partial charge in [-0.05, 0) is 43.8 Å². The predicted molar refractivity (Wildman–Crippen MR) is 97.8 cm³/mol. The summed E-state index contributed by atoms with van der Waals surface area (Å²) in [5.74, 6) is 0.386. The molecule has 3 heterocycles. The molecule has 0 unspecified atom stereocenters. The summed E-state index contributed by atoms with van der Waals surface area (Å²) >= 11 is 0. The van der Waals surface area contributed by atoms with Gasteiger partial charge in [-0.1, -0.05) is 30.3 Å². The summed E-state index contributed by atoms with van der Waals surface area (Å²) in [4.78, 5) is 15.5. The van der Waals surface area contributed by atoms with Crippen LogP contribution < -0.4 is 0 Å². The van der Waals surface area contributed by atoms with Gasteiger partial charge >= 0.3 is 5.97 Å². The summed E-state index contributed by atoms with van der Waals surface area (Å²) in [6.45, 7) is 2.61. The van der Waals surface area contributed by atoms with Crippen molar-refractivity contribution in [3.8, 4) is 0 Å². The van der Waals surface area contributed by atoms with E-state index in [-0.39, 0.29) is 18.7 Å². The Labute approximate surface area is 151 Å². The van der Waals surface area contributed by atoms with Gasteiger partial charge in [-0.3, -0.25) is 13.9 Å². The molecule has 1 aromatic rings. The largest absolute Gasteiger partial charge is 0.460 e. The van der Waals surface area contributed by atoms with Crippen LogP contribution in [0.5, 0.6) is 0 Å². The molecule has 25 heavy (non-hydrogen) atoms. The molecule has 3 aliphatic heterocycles. The van der Waals surface area contributed by atoms with Crippen LogP contribution in [0.4, 0.5) is 0 Å². The monoisotopic (exact) mass is 365 g/mol. The van der Waals surface area contributed by atoms with Gasteiger partial charge in [0.05, 0.1) is 6.61 Å². The third kappa shape index (κ3) is 3.96. The van der Waals surface area contributed by atoms with Crippen LogP contribution in [0.3, 0.4) is 0 Å². The maximum absolute atomic E-state index is 13.2. The number of benzene rings is 1. The van der Waals surface area contributed by atoms with Gasteiger partial charge in [-0.15, -0.1) is 0 Å². The van der Waals surface area contributed by atoms with Crippen LogP contribution >= 0.6 is 0 Å². The second kappa shape index (κ2) is 7.98. The molecule has 3 atom stereocenters. The molecule has 0 aromatic heterocycles. The first-order valence-electron chi connectivity index (χ1n) is 8.95. The Morgan fingerprint density at radius 3 is 2.52 bits per heavy atom. The second-order valence-electron chi connectivity index (χ2n) is 7.22. The van der Waals surface area contributed by atoms with Crippen LogP contribution in [0.15, 0.2) is 30.3 Å². The number of carbonyl (C=O) groups is 1. The number of rotatable bonds is 7. The average molecular weight is 365 g/mol. The Morgan fingerprint density at radius 1 is 1.32 bits per heavy atom. The van der Waals surface area contributed by atoms with Crippen LogP contribution in [-0.2, 0) is 25.7 Å². The molecule has 0 aliphatic carbocycles. The Hall–Kier alpha value is -1.24. The standard InChI is InChI=1S/C19H27NO4S/c1-25(23)12-9-19(14-21,16-5-3-2-4-6-16)18(22)24-17-13-20-10-7-15(17)8-11-20/h2-6,15,17,21H,7-14H2,1H3/t17-,19-,25-/m0/s1. The van der Waals surface area contributed by atoms with E-state index < -0.39 is 16.2 Å². The number of hydrogen-bond acceptors (Lipinski definition) is 5. The van der Waals surface area contributed by atoms with Gasteiger partial charge in [0.2, 0.25) is 0 Å². The van der Waals surface area contributed by atoms with Crippen molar-refractivity contribution < 1.29 is 18.8 Å². The molecule has 4 rings (SSSR count). The first-order chi connectivity index (χ1) is 12.0. The summed E-state index contributed by atoms with van der Waals surface area (Å²) < 4.78 is 17.6. The molecule has 0 amide bonds. The van der Waals surface area contributed by atoms with Crippen molar-refractivity contribution in [3.63, 3.8) is 0 Å². The Kier molecular flexibility index (Phi) is 5.92. The van der Waals surface area contributed by atoms with Crippen LogP contribution in [-0.4, -0.2) is 64.5 Å². The smallest absolute Gasteiger partial charge is 0.319 e. The minimum Gasteiger partial charge on any atom is -0.460 e. The van der Waals surface area contributed by atoms with Gasteiger partial charge in [0.25, 0.3) is 0 Å². The van der Waals surface area contributed by atoms with Crippen molar-refractivity contribution in [1.82, 2.24) is 4.90 Å². The lowest BCUT2D eigenvalue weighted by atomic mass is 9.78. The van der Waals surface area contributed by atoms with Crippen LogP contribution in [0.25, 0.3) is 0 Å². The molecule has 2 bridgehead atoms. The minimum absolute atomic E-state index is 0.100. The van der Waals surface area contributed by atoms with Crippen molar-refractivity contribution in [1.29, 1.82) is 0 Å². The maximum atomic E-state index is 13.2. The molecule has 138 valence electrons. The zero-order chi connectivity index (χ0) is 17.9. The van der Waals surface area contributed by atoms with Crippen LogP contribution in [0.2, 0.25) is 0 Å². The molecule has 1 N–H and O–H groups in total. The molecular formula is C19H27NO4S. The van der Waals surface area contributed by atoms with E-state index in [1.807, 2.05) is 30.3 Å². The molecule has 0 saturated carbocycles. The van der Waals surface area contributed by atoms with E-state index in [1.54, 1.807) is 6.26 Å². The summed E-state index contributed by atoms with van der Waals surface area (Å²) in [6, 6.07) is 9.26. The normalized spacial score (nSPS) is 29.0. The van der Waals surface area contributed by atoms with Gasteiger partial charge in [-0.2, -0.15) is 0 Å². The summed E-state index contributed by atoms with van der Waals surface area (Å²) in [7, 11) is -1.04. The number of aliphatic hydroxyl groups excluding tert-OH is 1. The molecule has 3 fully saturated rings. The number of nitrogens with zero attached hydrogens (tertiary/aromatic N) is 1. The van der Waals surface area contributed by atoms with E-state index in [9.17, 15) is 14.1 Å². The fourth-order valence-electron chi connectivity index (χ4n) is 3.97. The number of piperidine rings is 3. The first-order valence-corrected chi connectivity index (χ1v) is 10.7. The molecule has 6 heteroatoms. The van der Waals surface area contributed by atoms with E-state index in [1.165, 1.54) is 0 Å². The minimum atomic E-state index is -1.14. The number of hydrogen-bond donors (Lipinski definition) is 1. The SMILES string of the molecule is C[S@](=O)CC[C@@](CO)(C(=O)O[C@H]1CN2CCC1CC2)c1ccccc1. The molecule has 0 radical (unpaired) electrons. The quantitative estimate of drug-likeness (QED) is 0.739. The fourth-order valence-corrected chi connectivity index (χ4v) is 4.60. The summed E-state index contributed by atoms with van der Waals surface area (Å²) in [5.41, 5.74) is -0.409. The van der Waals surface area contributed by atoms with E-state index >= 15 is 0 Å². The van der Waals surface area contributed by atoms with Crippen molar-refractivity contribution >= 4 is 16.8 Å². The zero-order valence-electron chi connectivity index (χ0n) is 14.7. The highest BCUT2D eigenvalue weighted by molar-refractivity contribution is 7.84. The third-order valence-corrected chi connectivity index (χ3v) is 6.44.